The standard InChI is InChI=1S/C13H16N2O6S/c16-15(17)12-7-11(22(18,19)14-5-1-2-6-14)3-4-13(12)21-9-10-8-20-10/h3-4,7,10H,1-2,5-6,8-9H2/t10-/m1/s1. The van der Waals surface area contributed by atoms with Gasteiger partial charge in [-0.3, -0.25) is 10.1 Å². The Morgan fingerprint density at radius 3 is 2.64 bits per heavy atom. The van der Waals surface area contributed by atoms with Crippen molar-refractivity contribution in [3.8, 4) is 5.75 Å². The lowest BCUT2D eigenvalue weighted by Crippen LogP contribution is -2.27. The summed E-state index contributed by atoms with van der Waals surface area (Å²) in [6, 6.07) is 3.75. The van der Waals surface area contributed by atoms with Crippen LogP contribution < -0.4 is 4.74 Å². The van der Waals surface area contributed by atoms with Crippen molar-refractivity contribution in [3.63, 3.8) is 0 Å². The van der Waals surface area contributed by atoms with Gasteiger partial charge in [-0.1, -0.05) is 0 Å². The molecule has 0 N–H and O–H groups in total. The van der Waals surface area contributed by atoms with Crippen LogP contribution in [0.4, 0.5) is 5.69 Å². The number of rotatable bonds is 6. The minimum absolute atomic E-state index is 0.0346. The largest absolute Gasteiger partial charge is 0.484 e. The Kier molecular flexibility index (Phi) is 4.02. The molecule has 1 aromatic carbocycles. The molecule has 0 bridgehead atoms. The number of epoxide rings is 1. The molecule has 2 fully saturated rings. The minimum Gasteiger partial charge on any atom is -0.484 e. The van der Waals surface area contributed by atoms with Crippen molar-refractivity contribution >= 4 is 15.7 Å². The fraction of sp³-hybridized carbons (Fsp3) is 0.538. The molecule has 22 heavy (non-hydrogen) atoms. The van der Waals surface area contributed by atoms with Gasteiger partial charge < -0.3 is 9.47 Å². The van der Waals surface area contributed by atoms with Crippen molar-refractivity contribution in [1.82, 2.24) is 4.31 Å². The lowest BCUT2D eigenvalue weighted by atomic mass is 10.3. The van der Waals surface area contributed by atoms with E-state index in [0.29, 0.717) is 19.7 Å². The maximum Gasteiger partial charge on any atom is 0.312 e. The second-order valence-corrected chi connectivity index (χ2v) is 7.20. The van der Waals surface area contributed by atoms with E-state index in [9.17, 15) is 18.5 Å². The van der Waals surface area contributed by atoms with Crippen LogP contribution in [0.1, 0.15) is 12.8 Å². The molecular formula is C13H16N2O6S. The first kappa shape index (κ1) is 15.2. The first-order valence-corrected chi connectivity index (χ1v) is 8.45. The number of nitro groups is 1. The summed E-state index contributed by atoms with van der Waals surface area (Å²) in [6.07, 6.45) is 1.58. The second-order valence-electron chi connectivity index (χ2n) is 5.26. The Bertz CT molecular complexity index is 680. The molecule has 0 amide bonds. The van der Waals surface area contributed by atoms with E-state index in [-0.39, 0.29) is 29.0 Å². The summed E-state index contributed by atoms with van der Waals surface area (Å²) < 4.78 is 36.5. The average Bonchev–Trinajstić information content (AvgIpc) is 3.14. The van der Waals surface area contributed by atoms with Gasteiger partial charge in [0.05, 0.1) is 16.4 Å². The van der Waals surface area contributed by atoms with Gasteiger partial charge in [0.25, 0.3) is 0 Å². The van der Waals surface area contributed by atoms with Crippen LogP contribution in [0.5, 0.6) is 5.75 Å². The maximum atomic E-state index is 12.4. The van der Waals surface area contributed by atoms with Gasteiger partial charge >= 0.3 is 5.69 Å². The highest BCUT2D eigenvalue weighted by Gasteiger charge is 2.30. The Labute approximate surface area is 127 Å². The van der Waals surface area contributed by atoms with Crippen molar-refractivity contribution in [2.24, 2.45) is 0 Å². The molecule has 2 aliphatic heterocycles. The van der Waals surface area contributed by atoms with Crippen LogP contribution in [0.3, 0.4) is 0 Å². The van der Waals surface area contributed by atoms with Gasteiger partial charge in [0, 0.05) is 19.2 Å². The van der Waals surface area contributed by atoms with Crippen molar-refractivity contribution in [3.05, 3.63) is 28.3 Å². The molecule has 0 spiro atoms. The quantitative estimate of drug-likeness (QED) is 0.441. The van der Waals surface area contributed by atoms with E-state index in [1.165, 1.54) is 16.4 Å². The first-order valence-electron chi connectivity index (χ1n) is 7.01. The monoisotopic (exact) mass is 328 g/mol. The number of sulfonamides is 1. The van der Waals surface area contributed by atoms with Crippen LogP contribution >= 0.6 is 0 Å². The van der Waals surface area contributed by atoms with Gasteiger partial charge in [0.1, 0.15) is 12.7 Å². The third-order valence-electron chi connectivity index (χ3n) is 3.66. The molecule has 2 heterocycles. The molecule has 2 aliphatic rings. The summed E-state index contributed by atoms with van der Waals surface area (Å²) in [4.78, 5) is 10.5. The average molecular weight is 328 g/mol. The van der Waals surface area contributed by atoms with Crippen LogP contribution in [0.15, 0.2) is 23.1 Å². The first-order chi connectivity index (χ1) is 10.5. The number of hydrogen-bond donors (Lipinski definition) is 0. The molecule has 9 heteroatoms. The van der Waals surface area contributed by atoms with Gasteiger partial charge in [0.15, 0.2) is 5.75 Å². The zero-order valence-electron chi connectivity index (χ0n) is 11.8. The fourth-order valence-corrected chi connectivity index (χ4v) is 3.88. The predicted octanol–water partition coefficient (Wildman–Crippen LogP) is 1.16. The van der Waals surface area contributed by atoms with E-state index in [0.717, 1.165) is 18.9 Å². The Morgan fingerprint density at radius 1 is 1.36 bits per heavy atom. The van der Waals surface area contributed by atoms with Crippen molar-refractivity contribution in [1.29, 1.82) is 0 Å². The molecule has 0 radical (unpaired) electrons. The van der Waals surface area contributed by atoms with Gasteiger partial charge in [-0.25, -0.2) is 8.42 Å². The molecule has 0 saturated carbocycles. The predicted molar refractivity (Wildman–Crippen MR) is 76.3 cm³/mol. The lowest BCUT2D eigenvalue weighted by Gasteiger charge is -2.15. The van der Waals surface area contributed by atoms with Crippen LogP contribution in [-0.4, -0.2) is 50.1 Å². The highest BCUT2D eigenvalue weighted by Crippen LogP contribution is 2.32. The van der Waals surface area contributed by atoms with E-state index >= 15 is 0 Å². The van der Waals surface area contributed by atoms with Crippen molar-refractivity contribution in [2.45, 2.75) is 23.8 Å². The van der Waals surface area contributed by atoms with E-state index in [1.807, 2.05) is 0 Å². The highest BCUT2D eigenvalue weighted by atomic mass is 32.2. The summed E-state index contributed by atoms with van der Waals surface area (Å²) in [5.41, 5.74) is -0.346. The topological polar surface area (TPSA) is 102 Å². The molecule has 1 atom stereocenters. The normalized spacial score (nSPS) is 21.7. The molecule has 3 rings (SSSR count). The smallest absolute Gasteiger partial charge is 0.312 e. The third-order valence-corrected chi connectivity index (χ3v) is 5.55. The zero-order valence-corrected chi connectivity index (χ0v) is 12.6. The molecule has 0 unspecified atom stereocenters. The summed E-state index contributed by atoms with van der Waals surface area (Å²) in [5.74, 6) is 0.0564. The third kappa shape index (κ3) is 3.06. The van der Waals surface area contributed by atoms with Gasteiger partial charge in [-0.15, -0.1) is 0 Å². The number of hydrogen-bond acceptors (Lipinski definition) is 6. The van der Waals surface area contributed by atoms with Crippen molar-refractivity contribution in [2.75, 3.05) is 26.3 Å². The maximum absolute atomic E-state index is 12.4. The number of ether oxygens (including phenoxy) is 2. The summed E-state index contributed by atoms with van der Waals surface area (Å²) in [6.45, 7) is 1.70. The zero-order chi connectivity index (χ0) is 15.7. The van der Waals surface area contributed by atoms with E-state index in [1.54, 1.807) is 0 Å². The fourth-order valence-electron chi connectivity index (χ4n) is 2.35. The SMILES string of the molecule is O=[N+]([O-])c1cc(S(=O)(=O)N2CCCC2)ccc1OC[C@H]1CO1. The van der Waals surface area contributed by atoms with Crippen LogP contribution in [0, 0.1) is 10.1 Å². The summed E-state index contributed by atoms with van der Waals surface area (Å²) in [7, 11) is -3.68. The van der Waals surface area contributed by atoms with Crippen molar-refractivity contribution < 1.29 is 22.8 Å². The number of nitrogens with zero attached hydrogens (tertiary/aromatic N) is 2. The number of nitro benzene ring substituents is 1. The molecule has 120 valence electrons. The van der Waals surface area contributed by atoms with Crippen LogP contribution in [0.2, 0.25) is 0 Å². The van der Waals surface area contributed by atoms with E-state index in [2.05, 4.69) is 0 Å². The Hall–Kier alpha value is -1.71. The molecule has 2 saturated heterocycles. The minimum atomic E-state index is -3.68. The Morgan fingerprint density at radius 2 is 2.05 bits per heavy atom. The number of benzene rings is 1. The van der Waals surface area contributed by atoms with Gasteiger partial charge in [-0.05, 0) is 25.0 Å². The van der Waals surface area contributed by atoms with Gasteiger partial charge in [0.2, 0.25) is 10.0 Å². The van der Waals surface area contributed by atoms with Crippen LogP contribution in [-0.2, 0) is 14.8 Å². The lowest BCUT2D eigenvalue weighted by molar-refractivity contribution is -0.386. The Balaban J connectivity index is 1.88. The molecule has 1 aromatic rings. The molecular weight excluding hydrogens is 312 g/mol. The van der Waals surface area contributed by atoms with Crippen LogP contribution in [0.25, 0.3) is 0 Å². The molecule has 0 aromatic heterocycles. The molecule has 0 aliphatic carbocycles. The van der Waals surface area contributed by atoms with Gasteiger partial charge in [-0.2, -0.15) is 4.31 Å². The molecule has 8 nitrogen and oxygen atoms in total. The second kappa shape index (κ2) is 5.82. The van der Waals surface area contributed by atoms with E-state index < -0.39 is 14.9 Å². The van der Waals surface area contributed by atoms with E-state index in [4.69, 9.17) is 9.47 Å². The summed E-state index contributed by atoms with van der Waals surface area (Å²) in [5, 5.41) is 11.2. The summed E-state index contributed by atoms with van der Waals surface area (Å²) >= 11 is 0. The highest BCUT2D eigenvalue weighted by molar-refractivity contribution is 7.89.